The molecule has 0 aromatic rings. The first-order chi connectivity index (χ1) is 5.73. The minimum Gasteiger partial charge on any atom is -0.311 e. The van der Waals surface area contributed by atoms with Crippen molar-refractivity contribution >= 4 is 22.6 Å². The number of thioether (sulfide) groups is 1. The molecule has 0 radical (unpaired) electrons. The van der Waals surface area contributed by atoms with Crippen LogP contribution < -0.4 is 5.32 Å². The van der Waals surface area contributed by atoms with Gasteiger partial charge in [0.25, 0.3) is 0 Å². The van der Waals surface area contributed by atoms with Gasteiger partial charge >= 0.3 is 0 Å². The van der Waals surface area contributed by atoms with Crippen LogP contribution in [0.15, 0.2) is 0 Å². The largest absolute Gasteiger partial charge is 0.311 e. The summed E-state index contributed by atoms with van der Waals surface area (Å²) in [6.07, 6.45) is 4.15. The Bertz CT molecular complexity index is 199. The van der Waals surface area contributed by atoms with Crippen LogP contribution in [0.1, 0.15) is 12.8 Å². The van der Waals surface area contributed by atoms with Crippen molar-refractivity contribution < 1.29 is 4.21 Å². The van der Waals surface area contributed by atoms with Crippen molar-refractivity contribution in [2.75, 3.05) is 24.3 Å². The first-order valence-corrected chi connectivity index (χ1v) is 7.09. The summed E-state index contributed by atoms with van der Waals surface area (Å²) in [6.45, 7) is 0.974. The quantitative estimate of drug-likeness (QED) is 0.729. The van der Waals surface area contributed by atoms with Gasteiger partial charge in [0.2, 0.25) is 0 Å². The van der Waals surface area contributed by atoms with Gasteiger partial charge in [-0.1, -0.05) is 0 Å². The maximum atomic E-state index is 11.3. The molecule has 1 atom stereocenters. The third-order valence-corrected chi connectivity index (χ3v) is 5.82. The van der Waals surface area contributed by atoms with Crippen molar-refractivity contribution in [1.29, 1.82) is 0 Å². The fourth-order valence-electron chi connectivity index (χ4n) is 1.39. The molecule has 1 saturated heterocycles. The van der Waals surface area contributed by atoms with Gasteiger partial charge in [0.15, 0.2) is 0 Å². The molecule has 1 N–H and O–H groups in total. The Morgan fingerprint density at radius 1 is 1.58 bits per heavy atom. The van der Waals surface area contributed by atoms with Gasteiger partial charge in [0, 0.05) is 41.1 Å². The SMILES string of the molecule is CS(=O)C1(CNC2CSC2)CC1. The second-order valence-corrected chi connectivity index (χ2v) is 6.60. The first kappa shape index (κ1) is 9.03. The van der Waals surface area contributed by atoms with Crippen LogP contribution in [0.2, 0.25) is 0 Å². The molecule has 0 aromatic carbocycles. The molecule has 12 heavy (non-hydrogen) atoms. The van der Waals surface area contributed by atoms with Gasteiger partial charge in [-0.3, -0.25) is 4.21 Å². The van der Waals surface area contributed by atoms with Crippen molar-refractivity contribution in [1.82, 2.24) is 5.32 Å². The summed E-state index contributed by atoms with van der Waals surface area (Å²) in [4.78, 5) is 0. The van der Waals surface area contributed by atoms with Gasteiger partial charge in [-0.2, -0.15) is 11.8 Å². The number of hydrogen-bond donors (Lipinski definition) is 1. The summed E-state index contributed by atoms with van der Waals surface area (Å²) in [5.41, 5.74) is 0. The lowest BCUT2D eigenvalue weighted by Crippen LogP contribution is -2.45. The second kappa shape index (κ2) is 3.31. The molecule has 2 fully saturated rings. The van der Waals surface area contributed by atoms with E-state index in [0.29, 0.717) is 6.04 Å². The molecule has 0 bridgehead atoms. The van der Waals surface area contributed by atoms with Gasteiger partial charge < -0.3 is 5.32 Å². The highest BCUT2D eigenvalue weighted by Crippen LogP contribution is 2.40. The predicted molar refractivity (Wildman–Crippen MR) is 55.1 cm³/mol. The zero-order valence-corrected chi connectivity index (χ0v) is 8.97. The molecule has 70 valence electrons. The summed E-state index contributed by atoms with van der Waals surface area (Å²) in [5, 5.41) is 3.49. The van der Waals surface area contributed by atoms with Crippen molar-refractivity contribution in [2.24, 2.45) is 0 Å². The number of rotatable bonds is 4. The predicted octanol–water partition coefficient (Wildman–Crippen LogP) is 0.603. The monoisotopic (exact) mass is 205 g/mol. The molecule has 1 aliphatic heterocycles. The zero-order chi connectivity index (χ0) is 8.60. The normalized spacial score (nSPS) is 29.4. The van der Waals surface area contributed by atoms with E-state index in [0.717, 1.165) is 19.4 Å². The molecule has 1 saturated carbocycles. The van der Waals surface area contributed by atoms with Crippen LogP contribution >= 0.6 is 11.8 Å². The fraction of sp³-hybridized carbons (Fsp3) is 1.00. The Hall–Kier alpha value is 0.460. The highest BCUT2D eigenvalue weighted by atomic mass is 32.2. The zero-order valence-electron chi connectivity index (χ0n) is 7.34. The molecule has 0 spiro atoms. The molecule has 0 amide bonds. The van der Waals surface area contributed by atoms with E-state index < -0.39 is 10.8 Å². The molecular formula is C8H15NOS2. The van der Waals surface area contributed by atoms with E-state index in [-0.39, 0.29) is 4.75 Å². The standard InChI is InChI=1S/C8H15NOS2/c1-12(10)8(2-3-8)6-9-7-4-11-5-7/h7,9H,2-6H2,1H3. The lowest BCUT2D eigenvalue weighted by atomic mass is 10.3. The van der Waals surface area contributed by atoms with E-state index in [1.165, 1.54) is 11.5 Å². The third-order valence-electron chi connectivity index (χ3n) is 2.77. The molecule has 4 heteroatoms. The van der Waals surface area contributed by atoms with Crippen LogP contribution in [0.4, 0.5) is 0 Å². The van der Waals surface area contributed by atoms with E-state index in [1.54, 1.807) is 0 Å². The molecule has 2 rings (SSSR count). The summed E-state index contributed by atoms with van der Waals surface area (Å²) in [5.74, 6) is 2.48. The van der Waals surface area contributed by atoms with Crippen molar-refractivity contribution in [3.05, 3.63) is 0 Å². The average molecular weight is 205 g/mol. The van der Waals surface area contributed by atoms with Gasteiger partial charge in [0.1, 0.15) is 0 Å². The third kappa shape index (κ3) is 1.70. The van der Waals surface area contributed by atoms with Crippen LogP contribution in [-0.4, -0.2) is 39.3 Å². The summed E-state index contributed by atoms with van der Waals surface area (Å²) in [6, 6.07) is 0.705. The van der Waals surface area contributed by atoms with Crippen LogP contribution in [0, 0.1) is 0 Å². The van der Waals surface area contributed by atoms with Crippen LogP contribution in [0.25, 0.3) is 0 Å². The van der Waals surface area contributed by atoms with Gasteiger partial charge in [0.05, 0.1) is 4.75 Å². The first-order valence-electron chi connectivity index (χ1n) is 4.38. The van der Waals surface area contributed by atoms with E-state index in [9.17, 15) is 4.21 Å². The summed E-state index contributed by atoms with van der Waals surface area (Å²) < 4.78 is 11.5. The fourth-order valence-corrected chi connectivity index (χ4v) is 3.06. The Kier molecular flexibility index (Phi) is 2.49. The van der Waals surface area contributed by atoms with Crippen LogP contribution in [-0.2, 0) is 10.8 Å². The highest BCUT2D eigenvalue weighted by Gasteiger charge is 2.46. The summed E-state index contributed by atoms with van der Waals surface area (Å²) in [7, 11) is -0.628. The molecule has 1 heterocycles. The molecular weight excluding hydrogens is 190 g/mol. The van der Waals surface area contributed by atoms with E-state index in [1.807, 2.05) is 18.0 Å². The molecule has 1 aliphatic carbocycles. The molecule has 1 unspecified atom stereocenters. The minimum atomic E-state index is -0.628. The number of hydrogen-bond acceptors (Lipinski definition) is 3. The maximum Gasteiger partial charge on any atom is 0.0581 e. The van der Waals surface area contributed by atoms with E-state index >= 15 is 0 Å². The highest BCUT2D eigenvalue weighted by molar-refractivity contribution is 8.00. The summed E-state index contributed by atoms with van der Waals surface area (Å²) >= 11 is 1.99. The Morgan fingerprint density at radius 3 is 2.58 bits per heavy atom. The molecule has 0 aromatic heterocycles. The Labute approximate surface area is 80.3 Å². The smallest absolute Gasteiger partial charge is 0.0581 e. The minimum absolute atomic E-state index is 0.167. The van der Waals surface area contributed by atoms with Crippen molar-refractivity contribution in [3.8, 4) is 0 Å². The van der Waals surface area contributed by atoms with E-state index in [2.05, 4.69) is 5.32 Å². The van der Waals surface area contributed by atoms with Crippen molar-refractivity contribution in [2.45, 2.75) is 23.6 Å². The topological polar surface area (TPSA) is 29.1 Å². The maximum absolute atomic E-state index is 11.3. The second-order valence-electron chi connectivity index (χ2n) is 3.75. The van der Waals surface area contributed by atoms with Gasteiger partial charge in [-0.05, 0) is 12.8 Å². The number of nitrogens with one attached hydrogen (secondary N) is 1. The van der Waals surface area contributed by atoms with Gasteiger partial charge in [-0.25, -0.2) is 0 Å². The van der Waals surface area contributed by atoms with E-state index in [4.69, 9.17) is 0 Å². The van der Waals surface area contributed by atoms with Crippen LogP contribution in [0.5, 0.6) is 0 Å². The lowest BCUT2D eigenvalue weighted by Gasteiger charge is -2.27. The average Bonchev–Trinajstić information content (AvgIpc) is 2.65. The lowest BCUT2D eigenvalue weighted by molar-refractivity contribution is 0.562. The van der Waals surface area contributed by atoms with Gasteiger partial charge in [-0.15, -0.1) is 0 Å². The molecule has 2 nitrogen and oxygen atoms in total. The Morgan fingerprint density at radius 2 is 2.25 bits per heavy atom. The van der Waals surface area contributed by atoms with Crippen LogP contribution in [0.3, 0.4) is 0 Å². The molecule has 2 aliphatic rings. The Balaban J connectivity index is 1.74. The van der Waals surface area contributed by atoms with Crippen molar-refractivity contribution in [3.63, 3.8) is 0 Å².